The summed E-state index contributed by atoms with van der Waals surface area (Å²) in [4.78, 5) is 24.5. The van der Waals surface area contributed by atoms with Gasteiger partial charge in [-0.15, -0.1) is 11.8 Å². The minimum atomic E-state index is -0.397. The molecule has 0 aliphatic carbocycles. The average Bonchev–Trinajstić information content (AvgIpc) is 2.60. The lowest BCUT2D eigenvalue weighted by atomic mass is 10.1. The molecule has 0 aliphatic heterocycles. The third-order valence-electron chi connectivity index (χ3n) is 3.33. The summed E-state index contributed by atoms with van der Waals surface area (Å²) in [5.41, 5.74) is 1.53. The summed E-state index contributed by atoms with van der Waals surface area (Å²) < 4.78 is 4.75. The predicted molar refractivity (Wildman–Crippen MR) is 91.5 cm³/mol. The van der Waals surface area contributed by atoms with Crippen molar-refractivity contribution in [3.05, 3.63) is 65.7 Å². The molecule has 0 bridgehead atoms. The zero-order chi connectivity index (χ0) is 16.7. The molecule has 23 heavy (non-hydrogen) atoms. The maximum Gasteiger partial charge on any atom is 0.338 e. The van der Waals surface area contributed by atoms with Crippen molar-refractivity contribution in [3.63, 3.8) is 0 Å². The molecule has 0 spiro atoms. The van der Waals surface area contributed by atoms with E-state index in [1.165, 1.54) is 18.9 Å². The van der Waals surface area contributed by atoms with E-state index in [0.29, 0.717) is 5.56 Å². The van der Waals surface area contributed by atoms with Crippen molar-refractivity contribution < 1.29 is 14.3 Å². The molecule has 0 aliphatic rings. The number of esters is 1. The lowest BCUT2D eigenvalue weighted by Crippen LogP contribution is -2.28. The Bertz CT molecular complexity index is 673. The number of amides is 1. The van der Waals surface area contributed by atoms with E-state index in [9.17, 15) is 9.59 Å². The van der Waals surface area contributed by atoms with Gasteiger partial charge in [-0.25, -0.2) is 4.79 Å². The SMILES string of the molecule is COC(=O)c1ccccc1SCC(=O)NC(C)c1ccccc1. The van der Waals surface area contributed by atoms with Gasteiger partial charge in [-0.1, -0.05) is 42.5 Å². The number of carbonyl (C=O) groups is 2. The fourth-order valence-corrected chi connectivity index (χ4v) is 2.97. The molecule has 1 N–H and O–H groups in total. The fourth-order valence-electron chi connectivity index (χ4n) is 2.12. The number of benzene rings is 2. The first kappa shape index (κ1) is 17.1. The molecule has 0 saturated heterocycles. The second-order valence-electron chi connectivity index (χ2n) is 4.98. The monoisotopic (exact) mass is 329 g/mol. The Labute approximate surface area is 140 Å². The molecule has 0 radical (unpaired) electrons. The van der Waals surface area contributed by atoms with Crippen LogP contribution in [0.5, 0.6) is 0 Å². The molecule has 0 aromatic heterocycles. The van der Waals surface area contributed by atoms with Gasteiger partial charge in [0.2, 0.25) is 5.91 Å². The molecular formula is C18H19NO3S. The highest BCUT2D eigenvalue weighted by molar-refractivity contribution is 8.00. The van der Waals surface area contributed by atoms with Gasteiger partial charge in [-0.05, 0) is 24.6 Å². The van der Waals surface area contributed by atoms with Crippen LogP contribution in [0, 0.1) is 0 Å². The average molecular weight is 329 g/mol. The van der Waals surface area contributed by atoms with E-state index in [0.717, 1.165) is 10.5 Å². The van der Waals surface area contributed by atoms with E-state index in [4.69, 9.17) is 4.74 Å². The summed E-state index contributed by atoms with van der Waals surface area (Å²) >= 11 is 1.32. The molecule has 2 aromatic rings. The Morgan fingerprint density at radius 2 is 1.74 bits per heavy atom. The third-order valence-corrected chi connectivity index (χ3v) is 4.40. The number of nitrogens with one attached hydrogen (secondary N) is 1. The van der Waals surface area contributed by atoms with Gasteiger partial charge in [0.15, 0.2) is 0 Å². The molecule has 1 unspecified atom stereocenters. The van der Waals surface area contributed by atoms with Gasteiger partial charge in [0.1, 0.15) is 0 Å². The number of hydrogen-bond donors (Lipinski definition) is 1. The molecule has 5 heteroatoms. The number of carbonyl (C=O) groups excluding carboxylic acids is 2. The van der Waals surface area contributed by atoms with Crippen molar-refractivity contribution in [1.29, 1.82) is 0 Å². The molecule has 4 nitrogen and oxygen atoms in total. The van der Waals surface area contributed by atoms with Crippen molar-refractivity contribution in [1.82, 2.24) is 5.32 Å². The summed E-state index contributed by atoms with van der Waals surface area (Å²) in [6.07, 6.45) is 0. The molecule has 2 rings (SSSR count). The summed E-state index contributed by atoms with van der Waals surface area (Å²) in [5, 5.41) is 2.95. The van der Waals surface area contributed by atoms with Crippen LogP contribution >= 0.6 is 11.8 Å². The van der Waals surface area contributed by atoms with Gasteiger partial charge in [0.25, 0.3) is 0 Å². The zero-order valence-corrected chi connectivity index (χ0v) is 13.9. The molecular weight excluding hydrogens is 310 g/mol. The third kappa shape index (κ3) is 4.86. The first-order chi connectivity index (χ1) is 11.1. The topological polar surface area (TPSA) is 55.4 Å². The maximum atomic E-state index is 12.1. The van der Waals surface area contributed by atoms with E-state index in [1.54, 1.807) is 12.1 Å². The maximum absolute atomic E-state index is 12.1. The Balaban J connectivity index is 1.94. The number of hydrogen-bond acceptors (Lipinski definition) is 4. The Hall–Kier alpha value is -2.27. The highest BCUT2D eigenvalue weighted by Crippen LogP contribution is 2.23. The molecule has 1 amide bonds. The Morgan fingerprint density at radius 1 is 1.09 bits per heavy atom. The predicted octanol–water partition coefficient (Wildman–Crippen LogP) is 3.44. The number of methoxy groups -OCH3 is 1. The van der Waals surface area contributed by atoms with Crippen molar-refractivity contribution >= 4 is 23.6 Å². The second kappa shape index (κ2) is 8.39. The van der Waals surface area contributed by atoms with Gasteiger partial charge >= 0.3 is 5.97 Å². The largest absolute Gasteiger partial charge is 0.465 e. The van der Waals surface area contributed by atoms with Crippen LogP contribution in [-0.2, 0) is 9.53 Å². The summed E-state index contributed by atoms with van der Waals surface area (Å²) in [6, 6.07) is 16.8. The van der Waals surface area contributed by atoms with Crippen molar-refractivity contribution in [3.8, 4) is 0 Å². The van der Waals surface area contributed by atoms with Crippen molar-refractivity contribution in [2.24, 2.45) is 0 Å². The Morgan fingerprint density at radius 3 is 2.43 bits per heavy atom. The molecule has 120 valence electrons. The molecule has 0 saturated carbocycles. The quantitative estimate of drug-likeness (QED) is 0.651. The summed E-state index contributed by atoms with van der Waals surface area (Å²) in [7, 11) is 1.35. The van der Waals surface area contributed by atoms with E-state index in [-0.39, 0.29) is 17.7 Å². The highest BCUT2D eigenvalue weighted by atomic mass is 32.2. The minimum Gasteiger partial charge on any atom is -0.465 e. The van der Waals surface area contributed by atoms with Crippen LogP contribution < -0.4 is 5.32 Å². The molecule has 1 atom stereocenters. The van der Waals surface area contributed by atoms with Crippen molar-refractivity contribution in [2.75, 3.05) is 12.9 Å². The van der Waals surface area contributed by atoms with Gasteiger partial charge in [0.05, 0.1) is 24.5 Å². The number of thioether (sulfide) groups is 1. The normalized spacial score (nSPS) is 11.6. The van der Waals surface area contributed by atoms with Crippen molar-refractivity contribution in [2.45, 2.75) is 17.9 Å². The van der Waals surface area contributed by atoms with Crippen LogP contribution in [0.4, 0.5) is 0 Å². The summed E-state index contributed by atoms with van der Waals surface area (Å²) in [5.74, 6) is -0.234. The lowest BCUT2D eigenvalue weighted by molar-refractivity contribution is -0.119. The van der Waals surface area contributed by atoms with Crippen LogP contribution in [-0.4, -0.2) is 24.7 Å². The standard InChI is InChI=1S/C18H19NO3S/c1-13(14-8-4-3-5-9-14)19-17(20)12-23-16-11-7-6-10-15(16)18(21)22-2/h3-11,13H,12H2,1-2H3,(H,19,20). The zero-order valence-electron chi connectivity index (χ0n) is 13.1. The molecule has 0 fully saturated rings. The highest BCUT2D eigenvalue weighted by Gasteiger charge is 2.14. The smallest absolute Gasteiger partial charge is 0.338 e. The van der Waals surface area contributed by atoms with E-state index in [1.807, 2.05) is 49.4 Å². The number of rotatable bonds is 6. The van der Waals surface area contributed by atoms with E-state index >= 15 is 0 Å². The summed E-state index contributed by atoms with van der Waals surface area (Å²) in [6.45, 7) is 1.94. The van der Waals surface area contributed by atoms with Gasteiger partial charge in [0, 0.05) is 4.90 Å². The van der Waals surface area contributed by atoms with Crippen LogP contribution in [0.2, 0.25) is 0 Å². The van der Waals surface area contributed by atoms with Gasteiger partial charge in [-0.3, -0.25) is 4.79 Å². The Kier molecular flexibility index (Phi) is 6.23. The van der Waals surface area contributed by atoms with Gasteiger partial charge < -0.3 is 10.1 Å². The molecule has 2 aromatic carbocycles. The lowest BCUT2D eigenvalue weighted by Gasteiger charge is -2.14. The molecule has 0 heterocycles. The van der Waals surface area contributed by atoms with E-state index in [2.05, 4.69) is 5.32 Å². The first-order valence-electron chi connectivity index (χ1n) is 7.26. The van der Waals surface area contributed by atoms with E-state index < -0.39 is 5.97 Å². The van der Waals surface area contributed by atoms with Crippen LogP contribution in [0.1, 0.15) is 28.9 Å². The van der Waals surface area contributed by atoms with Gasteiger partial charge in [-0.2, -0.15) is 0 Å². The minimum absolute atomic E-state index is 0.0554. The van der Waals surface area contributed by atoms with Crippen LogP contribution in [0.15, 0.2) is 59.5 Å². The second-order valence-corrected chi connectivity index (χ2v) is 5.99. The number of ether oxygens (including phenoxy) is 1. The van der Waals surface area contributed by atoms with Crippen LogP contribution in [0.25, 0.3) is 0 Å². The first-order valence-corrected chi connectivity index (χ1v) is 8.25. The fraction of sp³-hybridized carbons (Fsp3) is 0.222. The van der Waals surface area contributed by atoms with Crippen LogP contribution in [0.3, 0.4) is 0 Å².